The minimum atomic E-state index is -0.381. The molecule has 3 rings (SSSR count). The van der Waals surface area contributed by atoms with Gasteiger partial charge in [0.2, 0.25) is 5.91 Å². The fourth-order valence-corrected chi connectivity index (χ4v) is 3.22. The first-order chi connectivity index (χ1) is 10.1. The number of likely N-dealkylation sites (tertiary alicyclic amines) is 1. The van der Waals surface area contributed by atoms with Crippen molar-refractivity contribution in [1.82, 2.24) is 4.90 Å². The molecule has 0 unspecified atom stereocenters. The van der Waals surface area contributed by atoms with Gasteiger partial charge in [0, 0.05) is 17.6 Å². The number of nitrogens with zero attached hydrogens (tertiary/aromatic N) is 2. The molecule has 0 radical (unpaired) electrons. The van der Waals surface area contributed by atoms with Crippen LogP contribution in [0.5, 0.6) is 0 Å². The largest absolute Gasteiger partial charge is 0.393 e. The Labute approximate surface area is 131 Å². The minimum absolute atomic E-state index is 0.154. The SMILES string of the molecule is O=C1C[C@@H](N2CCC(O)CC2)C(=O)N1c1ccc(Br)cc1. The zero-order valence-electron chi connectivity index (χ0n) is 11.5. The number of amides is 2. The summed E-state index contributed by atoms with van der Waals surface area (Å²) in [6.45, 7) is 1.33. The van der Waals surface area contributed by atoms with Gasteiger partial charge in [-0.05, 0) is 37.1 Å². The van der Waals surface area contributed by atoms with Crippen LogP contribution in [-0.4, -0.2) is 47.1 Å². The van der Waals surface area contributed by atoms with Crippen LogP contribution in [0.4, 0.5) is 5.69 Å². The number of anilines is 1. The molecule has 1 N–H and O–H groups in total. The Bertz CT molecular complexity index is 553. The summed E-state index contributed by atoms with van der Waals surface area (Å²) < 4.78 is 0.909. The van der Waals surface area contributed by atoms with Crippen LogP contribution in [0.25, 0.3) is 0 Å². The molecule has 112 valence electrons. The molecule has 0 bridgehead atoms. The van der Waals surface area contributed by atoms with Crippen molar-refractivity contribution in [2.75, 3.05) is 18.0 Å². The van der Waals surface area contributed by atoms with Crippen molar-refractivity contribution >= 4 is 33.4 Å². The van der Waals surface area contributed by atoms with Gasteiger partial charge < -0.3 is 5.11 Å². The average molecular weight is 353 g/mol. The summed E-state index contributed by atoms with van der Waals surface area (Å²) in [4.78, 5) is 28.1. The van der Waals surface area contributed by atoms with Gasteiger partial charge >= 0.3 is 0 Å². The Hall–Kier alpha value is -1.24. The standard InChI is InChI=1S/C15H17BrN2O3/c16-10-1-3-11(4-2-10)18-14(20)9-13(15(18)21)17-7-5-12(19)6-8-17/h1-4,12-13,19H,5-9H2/t13-/m1/s1. The lowest BCUT2D eigenvalue weighted by molar-refractivity contribution is -0.123. The van der Waals surface area contributed by atoms with Gasteiger partial charge in [-0.1, -0.05) is 15.9 Å². The van der Waals surface area contributed by atoms with Gasteiger partial charge in [0.25, 0.3) is 5.91 Å². The molecule has 0 spiro atoms. The van der Waals surface area contributed by atoms with Crippen molar-refractivity contribution in [2.24, 2.45) is 0 Å². The first-order valence-corrected chi connectivity index (χ1v) is 7.90. The molecule has 2 fully saturated rings. The predicted molar refractivity (Wildman–Crippen MR) is 81.9 cm³/mol. The van der Waals surface area contributed by atoms with Crippen LogP contribution in [0.15, 0.2) is 28.7 Å². The van der Waals surface area contributed by atoms with Crippen molar-refractivity contribution < 1.29 is 14.7 Å². The summed E-state index contributed by atoms with van der Waals surface area (Å²) in [5.74, 6) is -0.308. The Morgan fingerprint density at radius 3 is 2.33 bits per heavy atom. The molecular formula is C15H17BrN2O3. The molecule has 1 aromatic carbocycles. The maximum atomic E-state index is 12.6. The second-order valence-corrected chi connectivity index (χ2v) is 6.45. The molecule has 0 aromatic heterocycles. The number of hydrogen-bond acceptors (Lipinski definition) is 4. The van der Waals surface area contributed by atoms with Gasteiger partial charge in [-0.15, -0.1) is 0 Å². The van der Waals surface area contributed by atoms with Crippen molar-refractivity contribution in [3.8, 4) is 0 Å². The summed E-state index contributed by atoms with van der Waals surface area (Å²) in [7, 11) is 0. The van der Waals surface area contributed by atoms with Crippen molar-refractivity contribution in [2.45, 2.75) is 31.4 Å². The summed E-state index contributed by atoms with van der Waals surface area (Å²) in [5.41, 5.74) is 0.618. The van der Waals surface area contributed by atoms with E-state index in [1.165, 1.54) is 4.90 Å². The van der Waals surface area contributed by atoms with E-state index in [4.69, 9.17) is 0 Å². The van der Waals surface area contributed by atoms with E-state index in [2.05, 4.69) is 15.9 Å². The highest BCUT2D eigenvalue weighted by Crippen LogP contribution is 2.28. The van der Waals surface area contributed by atoms with Gasteiger partial charge in [-0.25, -0.2) is 4.90 Å². The number of carbonyl (C=O) groups is 2. The Balaban J connectivity index is 1.77. The van der Waals surface area contributed by atoms with Crippen molar-refractivity contribution in [1.29, 1.82) is 0 Å². The van der Waals surface area contributed by atoms with E-state index in [-0.39, 0.29) is 30.4 Å². The van der Waals surface area contributed by atoms with E-state index in [1.807, 2.05) is 17.0 Å². The van der Waals surface area contributed by atoms with Gasteiger partial charge in [-0.3, -0.25) is 14.5 Å². The summed E-state index contributed by atoms with van der Waals surface area (Å²) in [5, 5.41) is 9.55. The molecule has 6 heteroatoms. The van der Waals surface area contributed by atoms with E-state index in [0.717, 1.165) is 4.47 Å². The first-order valence-electron chi connectivity index (χ1n) is 7.11. The number of piperidine rings is 1. The highest BCUT2D eigenvalue weighted by Gasteiger charge is 2.43. The third kappa shape index (κ3) is 2.88. The monoisotopic (exact) mass is 352 g/mol. The number of imide groups is 1. The fourth-order valence-electron chi connectivity index (χ4n) is 2.96. The summed E-state index contributed by atoms with van der Waals surface area (Å²) in [6, 6.07) is 6.79. The van der Waals surface area contributed by atoms with E-state index in [9.17, 15) is 14.7 Å². The van der Waals surface area contributed by atoms with Gasteiger partial charge in [0.15, 0.2) is 0 Å². The van der Waals surface area contributed by atoms with Crippen molar-refractivity contribution in [3.63, 3.8) is 0 Å². The lowest BCUT2D eigenvalue weighted by Crippen LogP contribution is -2.46. The number of aliphatic hydroxyl groups excluding tert-OH is 1. The zero-order valence-corrected chi connectivity index (χ0v) is 13.1. The Morgan fingerprint density at radius 2 is 1.71 bits per heavy atom. The van der Waals surface area contributed by atoms with Crippen LogP contribution in [0.2, 0.25) is 0 Å². The lowest BCUT2D eigenvalue weighted by Gasteiger charge is -2.32. The molecule has 1 atom stereocenters. The highest BCUT2D eigenvalue weighted by molar-refractivity contribution is 9.10. The molecule has 21 heavy (non-hydrogen) atoms. The Morgan fingerprint density at radius 1 is 1.10 bits per heavy atom. The second kappa shape index (κ2) is 5.87. The number of halogens is 1. The third-order valence-electron chi connectivity index (χ3n) is 4.15. The van der Waals surface area contributed by atoms with Crippen molar-refractivity contribution in [3.05, 3.63) is 28.7 Å². The fraction of sp³-hybridized carbons (Fsp3) is 0.467. The maximum Gasteiger partial charge on any atom is 0.251 e. The van der Waals surface area contributed by atoms with E-state index >= 15 is 0 Å². The third-order valence-corrected chi connectivity index (χ3v) is 4.68. The van der Waals surface area contributed by atoms with Crippen LogP contribution in [0, 0.1) is 0 Å². The molecule has 5 nitrogen and oxygen atoms in total. The van der Waals surface area contributed by atoms with Gasteiger partial charge in [0.05, 0.1) is 24.3 Å². The molecule has 0 saturated carbocycles. The van der Waals surface area contributed by atoms with Crippen LogP contribution >= 0.6 is 15.9 Å². The number of aliphatic hydroxyl groups is 1. The predicted octanol–water partition coefficient (Wildman–Crippen LogP) is 1.54. The van der Waals surface area contributed by atoms with E-state index in [1.54, 1.807) is 12.1 Å². The molecule has 2 aliphatic rings. The summed E-state index contributed by atoms with van der Waals surface area (Å²) in [6.07, 6.45) is 1.27. The Kier molecular flexibility index (Phi) is 4.10. The molecule has 0 aliphatic carbocycles. The maximum absolute atomic E-state index is 12.6. The minimum Gasteiger partial charge on any atom is -0.393 e. The second-order valence-electron chi connectivity index (χ2n) is 5.53. The number of rotatable bonds is 2. The topological polar surface area (TPSA) is 60.9 Å². The number of hydrogen-bond donors (Lipinski definition) is 1. The molecule has 2 amide bonds. The molecule has 2 aliphatic heterocycles. The van der Waals surface area contributed by atoms with E-state index < -0.39 is 0 Å². The normalized spacial score (nSPS) is 24.9. The molecular weight excluding hydrogens is 336 g/mol. The average Bonchev–Trinajstić information content (AvgIpc) is 2.76. The molecule has 2 saturated heterocycles. The van der Waals surface area contributed by atoms with Gasteiger partial charge in [0.1, 0.15) is 0 Å². The summed E-state index contributed by atoms with van der Waals surface area (Å²) >= 11 is 3.34. The quantitative estimate of drug-likeness (QED) is 0.820. The van der Waals surface area contributed by atoms with Crippen LogP contribution in [0.3, 0.4) is 0 Å². The van der Waals surface area contributed by atoms with Crippen LogP contribution < -0.4 is 4.90 Å². The zero-order chi connectivity index (χ0) is 15.0. The number of carbonyl (C=O) groups excluding carboxylic acids is 2. The smallest absolute Gasteiger partial charge is 0.251 e. The lowest BCUT2D eigenvalue weighted by atomic mass is 10.1. The van der Waals surface area contributed by atoms with Crippen LogP contribution in [-0.2, 0) is 9.59 Å². The first kappa shape index (κ1) is 14.7. The van der Waals surface area contributed by atoms with Gasteiger partial charge in [-0.2, -0.15) is 0 Å². The van der Waals surface area contributed by atoms with E-state index in [0.29, 0.717) is 31.6 Å². The number of benzene rings is 1. The molecule has 1 aromatic rings. The molecule has 2 heterocycles. The van der Waals surface area contributed by atoms with Crippen LogP contribution in [0.1, 0.15) is 19.3 Å². The highest BCUT2D eigenvalue weighted by atomic mass is 79.9.